The number of nitrogens with one attached hydrogen (secondary N) is 1. The van der Waals surface area contributed by atoms with E-state index in [1.165, 1.54) is 24.3 Å². The molecule has 106 valence electrons. The normalized spacial score (nSPS) is 11.3. The van der Waals surface area contributed by atoms with Crippen molar-refractivity contribution in [2.75, 3.05) is 10.5 Å². The molecule has 3 N–H and O–H groups in total. The Morgan fingerprint density at radius 3 is 2.20 bits per heavy atom. The van der Waals surface area contributed by atoms with Crippen LogP contribution in [0.25, 0.3) is 0 Å². The molecule has 0 aliphatic heterocycles. The number of sulfonamides is 1. The maximum absolute atomic E-state index is 12.2. The largest absolute Gasteiger partial charge is 0.384 e. The Balaban J connectivity index is 2.41. The van der Waals surface area contributed by atoms with Gasteiger partial charge < -0.3 is 5.73 Å². The number of benzene rings is 1. The third kappa shape index (κ3) is 3.27. The van der Waals surface area contributed by atoms with Crippen LogP contribution in [0.1, 0.15) is 0 Å². The minimum Gasteiger partial charge on any atom is -0.384 e. The number of nitrogens with zero attached hydrogens (tertiary/aromatic N) is 1. The molecule has 0 fully saturated rings. The third-order valence-corrected chi connectivity index (χ3v) is 4.46. The average Bonchev–Trinajstić information content (AvgIpc) is 2.34. The molecule has 2 aromatic rings. The maximum atomic E-state index is 12.2. The van der Waals surface area contributed by atoms with Crippen molar-refractivity contribution in [2.45, 2.75) is 4.90 Å². The molecule has 2 rings (SSSR count). The van der Waals surface area contributed by atoms with E-state index in [0.29, 0.717) is 5.02 Å². The van der Waals surface area contributed by atoms with E-state index in [-0.39, 0.29) is 26.4 Å². The molecular formula is C11H8Cl3N3O2S. The molecule has 1 aromatic carbocycles. The van der Waals surface area contributed by atoms with Gasteiger partial charge in [-0.25, -0.2) is 13.4 Å². The summed E-state index contributed by atoms with van der Waals surface area (Å²) in [6.45, 7) is 0. The second-order valence-corrected chi connectivity index (χ2v) is 6.70. The molecule has 1 heterocycles. The minimum absolute atomic E-state index is 0.0505. The number of nitrogens with two attached hydrogens (primary N) is 1. The molecule has 0 saturated heterocycles. The molecule has 20 heavy (non-hydrogen) atoms. The van der Waals surface area contributed by atoms with Crippen molar-refractivity contribution in [1.82, 2.24) is 4.98 Å². The van der Waals surface area contributed by atoms with Crippen LogP contribution in [0.15, 0.2) is 35.4 Å². The highest BCUT2D eigenvalue weighted by molar-refractivity contribution is 7.92. The lowest BCUT2D eigenvalue weighted by molar-refractivity contribution is 0.601. The van der Waals surface area contributed by atoms with Crippen LogP contribution in [-0.4, -0.2) is 13.4 Å². The number of hydrogen-bond acceptors (Lipinski definition) is 4. The number of hydrogen-bond donors (Lipinski definition) is 2. The fourth-order valence-electron chi connectivity index (χ4n) is 1.38. The Hall–Kier alpha value is -1.21. The van der Waals surface area contributed by atoms with Crippen LogP contribution >= 0.6 is 34.8 Å². The molecule has 0 spiro atoms. The average molecular weight is 353 g/mol. The number of rotatable bonds is 3. The van der Waals surface area contributed by atoms with Crippen LogP contribution in [0.2, 0.25) is 15.1 Å². The van der Waals surface area contributed by atoms with Crippen molar-refractivity contribution in [1.29, 1.82) is 0 Å². The van der Waals surface area contributed by atoms with Gasteiger partial charge >= 0.3 is 0 Å². The summed E-state index contributed by atoms with van der Waals surface area (Å²) in [5.74, 6) is 0.214. The summed E-state index contributed by atoms with van der Waals surface area (Å²) in [5.41, 5.74) is 5.45. The van der Waals surface area contributed by atoms with E-state index < -0.39 is 10.0 Å². The standard InChI is InChI=1S/C11H8Cl3N3O2S/c12-6-3-8(13)11(9(14)4-6)17-20(18,19)7-1-2-10(15)16-5-7/h1-5,17H,(H2,15,16). The SMILES string of the molecule is Nc1ccc(S(=O)(=O)Nc2c(Cl)cc(Cl)cc2Cl)cn1. The molecule has 5 nitrogen and oxygen atoms in total. The molecule has 1 aromatic heterocycles. The Kier molecular flexibility index (Phi) is 4.29. The second kappa shape index (κ2) is 5.65. The second-order valence-electron chi connectivity index (χ2n) is 3.77. The lowest BCUT2D eigenvalue weighted by Crippen LogP contribution is -2.14. The Labute approximate surface area is 130 Å². The molecule has 0 aliphatic rings. The van der Waals surface area contributed by atoms with Crippen molar-refractivity contribution >= 4 is 56.3 Å². The summed E-state index contributed by atoms with van der Waals surface area (Å²) in [6, 6.07) is 5.46. The summed E-state index contributed by atoms with van der Waals surface area (Å²) in [4.78, 5) is 3.66. The van der Waals surface area contributed by atoms with Gasteiger partial charge in [0.2, 0.25) is 0 Å². The highest BCUT2D eigenvalue weighted by Crippen LogP contribution is 2.35. The van der Waals surface area contributed by atoms with Crippen molar-refractivity contribution in [3.63, 3.8) is 0 Å². The van der Waals surface area contributed by atoms with Crippen LogP contribution in [0.4, 0.5) is 11.5 Å². The number of anilines is 2. The molecule has 9 heteroatoms. The van der Waals surface area contributed by atoms with Crippen molar-refractivity contribution in [3.8, 4) is 0 Å². The van der Waals surface area contributed by atoms with Crippen LogP contribution < -0.4 is 10.5 Å². The van der Waals surface area contributed by atoms with Gasteiger partial charge in [-0.15, -0.1) is 0 Å². The Morgan fingerprint density at radius 2 is 1.70 bits per heavy atom. The van der Waals surface area contributed by atoms with Gasteiger partial charge in [-0.2, -0.15) is 0 Å². The maximum Gasteiger partial charge on any atom is 0.263 e. The first-order chi connectivity index (χ1) is 9.29. The van der Waals surface area contributed by atoms with E-state index in [2.05, 4.69) is 9.71 Å². The summed E-state index contributed by atoms with van der Waals surface area (Å²) in [5, 5.41) is 0.487. The van der Waals surface area contributed by atoms with Gasteiger partial charge in [0.15, 0.2) is 0 Å². The molecule has 0 aliphatic carbocycles. The molecule has 0 radical (unpaired) electrons. The first-order valence-electron chi connectivity index (χ1n) is 5.18. The van der Waals surface area contributed by atoms with Crippen LogP contribution in [0, 0.1) is 0 Å². The van der Waals surface area contributed by atoms with E-state index in [0.717, 1.165) is 6.20 Å². The Bertz CT molecular complexity index is 725. The molecule has 0 atom stereocenters. The number of aromatic nitrogens is 1. The van der Waals surface area contributed by atoms with Gasteiger partial charge in [0.1, 0.15) is 10.7 Å². The predicted molar refractivity (Wildman–Crippen MR) is 80.9 cm³/mol. The van der Waals surface area contributed by atoms with E-state index in [1.807, 2.05) is 0 Å². The van der Waals surface area contributed by atoms with E-state index in [1.54, 1.807) is 0 Å². The van der Waals surface area contributed by atoms with Gasteiger partial charge in [-0.3, -0.25) is 4.72 Å². The third-order valence-electron chi connectivity index (χ3n) is 2.31. The molecule has 0 unspecified atom stereocenters. The van der Waals surface area contributed by atoms with Crippen LogP contribution in [0.3, 0.4) is 0 Å². The number of pyridine rings is 1. The zero-order valence-corrected chi connectivity index (χ0v) is 12.9. The van der Waals surface area contributed by atoms with Crippen molar-refractivity contribution in [3.05, 3.63) is 45.5 Å². The molecule has 0 saturated carbocycles. The van der Waals surface area contributed by atoms with Crippen molar-refractivity contribution < 1.29 is 8.42 Å². The first kappa shape index (κ1) is 15.2. The van der Waals surface area contributed by atoms with Crippen LogP contribution in [-0.2, 0) is 10.0 Å². The monoisotopic (exact) mass is 351 g/mol. The summed E-state index contributed by atoms with van der Waals surface area (Å²) < 4.78 is 26.6. The topological polar surface area (TPSA) is 85.1 Å². The lowest BCUT2D eigenvalue weighted by Gasteiger charge is -2.11. The zero-order chi connectivity index (χ0) is 14.9. The highest BCUT2D eigenvalue weighted by atomic mass is 35.5. The summed E-state index contributed by atoms with van der Waals surface area (Å²) in [6.07, 6.45) is 1.13. The molecular weight excluding hydrogens is 345 g/mol. The van der Waals surface area contributed by atoms with Gasteiger partial charge in [-0.1, -0.05) is 34.8 Å². The Morgan fingerprint density at radius 1 is 1.10 bits per heavy atom. The predicted octanol–water partition coefficient (Wildman–Crippen LogP) is 3.42. The van der Waals surface area contributed by atoms with Gasteiger partial charge in [0.05, 0.1) is 15.7 Å². The fourth-order valence-corrected chi connectivity index (χ4v) is 3.45. The quantitative estimate of drug-likeness (QED) is 0.886. The van der Waals surface area contributed by atoms with E-state index >= 15 is 0 Å². The van der Waals surface area contributed by atoms with E-state index in [9.17, 15) is 8.42 Å². The van der Waals surface area contributed by atoms with Gasteiger partial charge in [-0.05, 0) is 24.3 Å². The van der Waals surface area contributed by atoms with Gasteiger partial charge in [0.25, 0.3) is 10.0 Å². The van der Waals surface area contributed by atoms with Gasteiger partial charge in [0, 0.05) is 11.2 Å². The first-order valence-corrected chi connectivity index (χ1v) is 7.80. The van der Waals surface area contributed by atoms with Crippen molar-refractivity contribution in [2.24, 2.45) is 0 Å². The van der Waals surface area contributed by atoms with Crippen LogP contribution in [0.5, 0.6) is 0 Å². The summed E-state index contributed by atoms with van der Waals surface area (Å²) >= 11 is 17.6. The highest BCUT2D eigenvalue weighted by Gasteiger charge is 2.18. The van der Waals surface area contributed by atoms with E-state index in [4.69, 9.17) is 40.5 Å². The zero-order valence-electron chi connectivity index (χ0n) is 9.77. The molecule has 0 bridgehead atoms. The molecule has 0 amide bonds. The summed E-state index contributed by atoms with van der Waals surface area (Å²) in [7, 11) is -3.87. The fraction of sp³-hybridized carbons (Fsp3) is 0. The lowest BCUT2D eigenvalue weighted by atomic mass is 10.3. The smallest absolute Gasteiger partial charge is 0.263 e. The minimum atomic E-state index is -3.87. The number of nitrogen functional groups attached to an aromatic ring is 1. The number of halogens is 3.